The second-order valence-electron chi connectivity index (χ2n) is 7.92. The minimum Gasteiger partial charge on any atom is -0.349 e. The zero-order valence-corrected chi connectivity index (χ0v) is 20.3. The summed E-state index contributed by atoms with van der Waals surface area (Å²) < 4.78 is 30.3. The van der Waals surface area contributed by atoms with Crippen LogP contribution in [-0.2, 0) is 23.0 Å². The summed E-state index contributed by atoms with van der Waals surface area (Å²) in [5.74, 6) is 0.494. The van der Waals surface area contributed by atoms with Crippen molar-refractivity contribution in [1.29, 1.82) is 0 Å². The number of nitrogens with zero attached hydrogens (tertiary/aromatic N) is 2. The number of hydrogen-bond acceptors (Lipinski definition) is 5. The van der Waals surface area contributed by atoms with Crippen molar-refractivity contribution in [1.82, 2.24) is 14.9 Å². The fourth-order valence-corrected chi connectivity index (χ4v) is 5.68. The van der Waals surface area contributed by atoms with Crippen molar-refractivity contribution in [3.8, 4) is 0 Å². The van der Waals surface area contributed by atoms with Crippen molar-refractivity contribution in [3.63, 3.8) is 0 Å². The molecule has 1 amide bonds. The maximum Gasteiger partial charge on any atom is 0.261 e. The molecule has 0 saturated heterocycles. The number of thiophene rings is 1. The molecule has 0 saturated carbocycles. The van der Waals surface area contributed by atoms with Crippen LogP contribution in [0.4, 0.5) is 5.69 Å². The molecule has 0 aliphatic heterocycles. The summed E-state index contributed by atoms with van der Waals surface area (Å²) in [6.07, 6.45) is 0.713. The van der Waals surface area contributed by atoms with Gasteiger partial charge >= 0.3 is 0 Å². The Balaban J connectivity index is 1.71. The highest BCUT2D eigenvalue weighted by Gasteiger charge is 2.21. The predicted molar refractivity (Wildman–Crippen MR) is 132 cm³/mol. The zero-order valence-electron chi connectivity index (χ0n) is 18.7. The fraction of sp³-hybridized carbons (Fsp3) is 0.250. The monoisotopic (exact) mass is 482 g/mol. The molecular formula is C24H26N4O3S2. The van der Waals surface area contributed by atoms with E-state index in [0.717, 1.165) is 11.4 Å². The van der Waals surface area contributed by atoms with Gasteiger partial charge in [0, 0.05) is 12.6 Å². The minimum absolute atomic E-state index is 0.0917. The summed E-state index contributed by atoms with van der Waals surface area (Å²) in [4.78, 5) is 18.1. The van der Waals surface area contributed by atoms with Gasteiger partial charge in [0.15, 0.2) is 0 Å². The number of benzene rings is 2. The number of aromatic nitrogens is 2. The molecule has 2 aromatic carbocycles. The summed E-state index contributed by atoms with van der Waals surface area (Å²) in [6, 6.07) is 13.3. The molecule has 0 spiro atoms. The van der Waals surface area contributed by atoms with Gasteiger partial charge in [0.1, 0.15) is 5.82 Å². The van der Waals surface area contributed by atoms with Crippen molar-refractivity contribution < 1.29 is 13.2 Å². The van der Waals surface area contributed by atoms with E-state index < -0.39 is 10.0 Å². The molecule has 172 valence electrons. The van der Waals surface area contributed by atoms with Crippen LogP contribution in [0.1, 0.15) is 35.6 Å². The summed E-state index contributed by atoms with van der Waals surface area (Å²) >= 11 is 1.62. The molecule has 2 heterocycles. The van der Waals surface area contributed by atoms with E-state index in [9.17, 15) is 13.2 Å². The molecule has 7 nitrogen and oxygen atoms in total. The lowest BCUT2D eigenvalue weighted by molar-refractivity contribution is 0.0941. The van der Waals surface area contributed by atoms with E-state index in [1.54, 1.807) is 41.7 Å². The molecule has 33 heavy (non-hydrogen) atoms. The minimum atomic E-state index is -3.81. The number of carbonyl (C=O) groups is 1. The van der Waals surface area contributed by atoms with Gasteiger partial charge in [-0.05, 0) is 73.8 Å². The van der Waals surface area contributed by atoms with Crippen LogP contribution in [0.3, 0.4) is 0 Å². The summed E-state index contributed by atoms with van der Waals surface area (Å²) in [7, 11) is -3.81. The Morgan fingerprint density at radius 2 is 1.94 bits per heavy atom. The van der Waals surface area contributed by atoms with Gasteiger partial charge in [-0.15, -0.1) is 0 Å². The second kappa shape index (κ2) is 9.36. The van der Waals surface area contributed by atoms with Crippen LogP contribution in [0.25, 0.3) is 11.0 Å². The van der Waals surface area contributed by atoms with Gasteiger partial charge in [0.2, 0.25) is 0 Å². The molecule has 0 fully saturated rings. The molecule has 1 atom stereocenters. The molecule has 2 aromatic heterocycles. The molecule has 4 rings (SSSR count). The van der Waals surface area contributed by atoms with Crippen LogP contribution >= 0.6 is 11.3 Å². The number of amides is 1. The van der Waals surface area contributed by atoms with E-state index in [1.165, 1.54) is 12.1 Å². The number of carbonyl (C=O) groups excluding carboxylic acids is 1. The number of aryl methyl sites for hydroxylation is 2. The zero-order chi connectivity index (χ0) is 23.6. The smallest absolute Gasteiger partial charge is 0.261 e. The number of hydrogen-bond donors (Lipinski definition) is 2. The number of anilines is 1. The van der Waals surface area contributed by atoms with E-state index in [1.807, 2.05) is 36.8 Å². The second-order valence-corrected chi connectivity index (χ2v) is 10.4. The first-order valence-electron chi connectivity index (χ1n) is 10.7. The Morgan fingerprint density at radius 3 is 2.61 bits per heavy atom. The molecule has 0 unspecified atom stereocenters. The van der Waals surface area contributed by atoms with Crippen LogP contribution in [0, 0.1) is 6.92 Å². The number of nitrogens with one attached hydrogen (secondary N) is 2. The average molecular weight is 483 g/mol. The maximum absolute atomic E-state index is 13.3. The van der Waals surface area contributed by atoms with Crippen LogP contribution < -0.4 is 10.0 Å². The largest absolute Gasteiger partial charge is 0.349 e. The number of sulfonamides is 1. The van der Waals surface area contributed by atoms with Crippen molar-refractivity contribution in [2.75, 3.05) is 4.72 Å². The molecule has 9 heteroatoms. The van der Waals surface area contributed by atoms with Crippen LogP contribution in [0.5, 0.6) is 0 Å². The first-order valence-corrected chi connectivity index (χ1v) is 13.1. The molecular weight excluding hydrogens is 456 g/mol. The first-order chi connectivity index (χ1) is 15.8. The number of rotatable bonds is 8. The summed E-state index contributed by atoms with van der Waals surface area (Å²) in [6.45, 7) is 6.46. The van der Waals surface area contributed by atoms with E-state index in [4.69, 9.17) is 0 Å². The quantitative estimate of drug-likeness (QED) is 0.384. The van der Waals surface area contributed by atoms with Gasteiger partial charge in [-0.3, -0.25) is 9.52 Å². The number of fused-ring (bicyclic) bond motifs is 1. The molecule has 0 aliphatic carbocycles. The van der Waals surface area contributed by atoms with Crippen molar-refractivity contribution in [2.24, 2.45) is 0 Å². The van der Waals surface area contributed by atoms with Gasteiger partial charge in [-0.25, -0.2) is 13.4 Å². The number of imidazole rings is 1. The van der Waals surface area contributed by atoms with Gasteiger partial charge in [-0.1, -0.05) is 18.2 Å². The average Bonchev–Trinajstić information content (AvgIpc) is 3.39. The van der Waals surface area contributed by atoms with Gasteiger partial charge in [0.25, 0.3) is 15.9 Å². The highest BCUT2D eigenvalue weighted by Crippen LogP contribution is 2.27. The van der Waals surface area contributed by atoms with Crippen LogP contribution in [0.2, 0.25) is 0 Å². The van der Waals surface area contributed by atoms with Crippen LogP contribution in [-0.4, -0.2) is 29.9 Å². The lowest BCUT2D eigenvalue weighted by Gasteiger charge is -2.16. The first kappa shape index (κ1) is 23.0. The lowest BCUT2D eigenvalue weighted by Crippen LogP contribution is -2.34. The molecule has 2 N–H and O–H groups in total. The molecule has 0 aliphatic rings. The van der Waals surface area contributed by atoms with Gasteiger partial charge in [0.05, 0.1) is 27.2 Å². The highest BCUT2D eigenvalue weighted by atomic mass is 32.2. The topological polar surface area (TPSA) is 93.1 Å². The summed E-state index contributed by atoms with van der Waals surface area (Å²) in [5, 5.41) is 7.13. The van der Waals surface area contributed by atoms with E-state index in [2.05, 4.69) is 20.4 Å². The SMILES string of the molecule is CCn1c(C)nc2cc(NS(=O)(=O)c3ccccc3)cc(C(=O)N[C@@H](C)Cc3ccsc3)c21. The highest BCUT2D eigenvalue weighted by molar-refractivity contribution is 7.92. The standard InChI is InChI=1S/C24H26N4O3S2/c1-4-28-17(3)26-22-14-19(27-33(30,31)20-8-6-5-7-9-20)13-21(23(22)28)24(29)25-16(2)12-18-10-11-32-15-18/h5-11,13-16,27H,4,12H2,1-3H3,(H,25,29)/t16-/m0/s1. The van der Waals surface area contributed by atoms with E-state index >= 15 is 0 Å². The predicted octanol–water partition coefficient (Wildman–Crippen LogP) is 4.59. The van der Waals surface area contributed by atoms with Crippen LogP contribution in [0.15, 0.2) is 64.2 Å². The lowest BCUT2D eigenvalue weighted by atomic mass is 10.1. The Kier molecular flexibility index (Phi) is 6.53. The van der Waals surface area contributed by atoms with Crippen molar-refractivity contribution in [3.05, 3.63) is 76.2 Å². The third kappa shape index (κ3) is 4.94. The normalized spacial score (nSPS) is 12.6. The van der Waals surface area contributed by atoms with Gasteiger partial charge < -0.3 is 9.88 Å². The van der Waals surface area contributed by atoms with Gasteiger partial charge in [-0.2, -0.15) is 11.3 Å². The Hall–Kier alpha value is -3.17. The maximum atomic E-state index is 13.3. The third-order valence-corrected chi connectivity index (χ3v) is 7.53. The van der Waals surface area contributed by atoms with Crippen molar-refractivity contribution in [2.45, 2.75) is 44.7 Å². The summed E-state index contributed by atoms with van der Waals surface area (Å²) in [5.41, 5.74) is 3.11. The molecule has 0 radical (unpaired) electrons. The van der Waals surface area contributed by atoms with Crippen molar-refractivity contribution >= 4 is 44.0 Å². The Bertz CT molecular complexity index is 1380. The van der Waals surface area contributed by atoms with E-state index in [-0.39, 0.29) is 16.8 Å². The molecule has 4 aromatic rings. The Labute approximate surface area is 197 Å². The molecule has 0 bridgehead atoms. The van der Waals surface area contributed by atoms with E-state index in [0.29, 0.717) is 35.2 Å². The third-order valence-electron chi connectivity index (χ3n) is 5.40. The fourth-order valence-electron chi connectivity index (χ4n) is 3.93. The Morgan fingerprint density at radius 1 is 1.18 bits per heavy atom.